The van der Waals surface area contributed by atoms with Crippen molar-refractivity contribution in [1.82, 2.24) is 19.7 Å². The van der Waals surface area contributed by atoms with Gasteiger partial charge in [-0.25, -0.2) is 0 Å². The van der Waals surface area contributed by atoms with Crippen LogP contribution < -0.4 is 0 Å². The minimum atomic E-state index is -0.183. The number of aromatic nitrogens is 3. The number of benzene rings is 1. The first kappa shape index (κ1) is 21.6. The molecule has 1 aliphatic rings. The van der Waals surface area contributed by atoms with Crippen molar-refractivity contribution < 1.29 is 4.79 Å². The molecule has 156 valence electrons. The molecule has 5 nitrogen and oxygen atoms in total. The van der Waals surface area contributed by atoms with E-state index in [1.807, 2.05) is 22.5 Å². The van der Waals surface area contributed by atoms with E-state index in [1.165, 1.54) is 23.7 Å². The average molecular weight is 413 g/mol. The standard InChI is InChI=1S/C23H32N4OS/c1-6-14-27-20(18-10-12-19(13-11-18)23(3,4)5)24-25-22(27)29-17(2)21(28)26-15-8-7-9-16-26/h6,10-13,17H,1,7-9,14-16H2,2-5H3. The van der Waals surface area contributed by atoms with Gasteiger partial charge < -0.3 is 4.90 Å². The first-order valence-electron chi connectivity index (χ1n) is 10.4. The molecule has 1 saturated heterocycles. The van der Waals surface area contributed by atoms with Crippen LogP contribution >= 0.6 is 11.8 Å². The molecular formula is C23H32N4OS. The van der Waals surface area contributed by atoms with E-state index in [2.05, 4.69) is 61.8 Å². The van der Waals surface area contributed by atoms with Crippen molar-refractivity contribution in [3.8, 4) is 11.4 Å². The number of likely N-dealkylation sites (tertiary alicyclic amines) is 1. The monoisotopic (exact) mass is 412 g/mol. The van der Waals surface area contributed by atoms with Gasteiger partial charge in [-0.05, 0) is 37.2 Å². The van der Waals surface area contributed by atoms with E-state index < -0.39 is 0 Å². The number of rotatable bonds is 6. The van der Waals surface area contributed by atoms with Gasteiger partial charge in [-0.3, -0.25) is 9.36 Å². The number of thioether (sulfide) groups is 1. The Bertz CT molecular complexity index is 845. The number of hydrogen-bond acceptors (Lipinski definition) is 4. The van der Waals surface area contributed by atoms with Gasteiger partial charge >= 0.3 is 0 Å². The lowest BCUT2D eigenvalue weighted by atomic mass is 9.87. The fraction of sp³-hybridized carbons (Fsp3) is 0.522. The Morgan fingerprint density at radius 1 is 1.17 bits per heavy atom. The van der Waals surface area contributed by atoms with Crippen molar-refractivity contribution in [3.05, 3.63) is 42.5 Å². The summed E-state index contributed by atoms with van der Waals surface area (Å²) in [5, 5.41) is 9.43. The van der Waals surface area contributed by atoms with Gasteiger partial charge in [-0.2, -0.15) is 0 Å². The Kier molecular flexibility index (Phi) is 6.83. The molecule has 1 aliphatic heterocycles. The lowest BCUT2D eigenvalue weighted by Crippen LogP contribution is -2.40. The van der Waals surface area contributed by atoms with Crippen molar-refractivity contribution in [3.63, 3.8) is 0 Å². The largest absolute Gasteiger partial charge is 0.342 e. The maximum absolute atomic E-state index is 12.8. The second-order valence-electron chi connectivity index (χ2n) is 8.68. The fourth-order valence-corrected chi connectivity index (χ4v) is 4.52. The summed E-state index contributed by atoms with van der Waals surface area (Å²) >= 11 is 1.49. The zero-order chi connectivity index (χ0) is 21.0. The Balaban J connectivity index is 1.81. The number of carbonyl (C=O) groups is 1. The summed E-state index contributed by atoms with van der Waals surface area (Å²) in [6.45, 7) is 14.8. The molecule has 0 saturated carbocycles. The minimum absolute atomic E-state index is 0.110. The quantitative estimate of drug-likeness (QED) is 0.499. The maximum atomic E-state index is 12.8. The smallest absolute Gasteiger partial charge is 0.235 e. The number of nitrogens with zero attached hydrogens (tertiary/aromatic N) is 4. The lowest BCUT2D eigenvalue weighted by Gasteiger charge is -2.28. The van der Waals surface area contributed by atoms with Gasteiger partial charge in [0.15, 0.2) is 11.0 Å². The van der Waals surface area contributed by atoms with E-state index in [9.17, 15) is 4.79 Å². The van der Waals surface area contributed by atoms with Crippen LogP contribution in [0.15, 0.2) is 42.1 Å². The van der Waals surface area contributed by atoms with E-state index in [1.54, 1.807) is 0 Å². The van der Waals surface area contributed by atoms with Crippen molar-refractivity contribution in [1.29, 1.82) is 0 Å². The normalized spacial score (nSPS) is 15.9. The Morgan fingerprint density at radius 3 is 2.41 bits per heavy atom. The van der Waals surface area contributed by atoms with Gasteiger partial charge in [0, 0.05) is 25.2 Å². The Labute approximate surface area is 178 Å². The highest BCUT2D eigenvalue weighted by Gasteiger charge is 2.25. The van der Waals surface area contributed by atoms with Crippen molar-refractivity contribution in [2.45, 2.75) is 69.3 Å². The second-order valence-corrected chi connectivity index (χ2v) is 9.99. The van der Waals surface area contributed by atoms with Crippen molar-refractivity contribution >= 4 is 17.7 Å². The molecule has 2 heterocycles. The molecule has 2 aromatic rings. The number of amides is 1. The molecule has 0 spiro atoms. The highest BCUT2D eigenvalue weighted by Crippen LogP contribution is 2.30. The number of carbonyl (C=O) groups excluding carboxylic acids is 1. The molecule has 1 fully saturated rings. The molecule has 6 heteroatoms. The maximum Gasteiger partial charge on any atom is 0.235 e. The summed E-state index contributed by atoms with van der Waals surface area (Å²) in [4.78, 5) is 14.8. The third-order valence-corrected chi connectivity index (χ3v) is 6.40. The molecule has 1 atom stereocenters. The Hall–Kier alpha value is -2.08. The first-order chi connectivity index (χ1) is 13.8. The molecule has 29 heavy (non-hydrogen) atoms. The van der Waals surface area contributed by atoms with Gasteiger partial charge in [0.05, 0.1) is 5.25 Å². The highest BCUT2D eigenvalue weighted by atomic mass is 32.2. The molecule has 0 radical (unpaired) electrons. The van der Waals surface area contributed by atoms with E-state index in [4.69, 9.17) is 0 Å². The summed E-state index contributed by atoms with van der Waals surface area (Å²) in [6.07, 6.45) is 5.27. The van der Waals surface area contributed by atoms with Gasteiger partial charge in [-0.15, -0.1) is 16.8 Å². The average Bonchev–Trinajstić information content (AvgIpc) is 3.10. The van der Waals surface area contributed by atoms with E-state index >= 15 is 0 Å². The first-order valence-corrected chi connectivity index (χ1v) is 11.3. The molecule has 1 amide bonds. The highest BCUT2D eigenvalue weighted by molar-refractivity contribution is 8.00. The molecule has 1 aromatic heterocycles. The van der Waals surface area contributed by atoms with Crippen LogP contribution in [-0.4, -0.2) is 43.9 Å². The molecule has 1 unspecified atom stereocenters. The van der Waals surface area contributed by atoms with Crippen LogP contribution in [0.1, 0.15) is 52.5 Å². The molecule has 1 aromatic carbocycles. The summed E-state index contributed by atoms with van der Waals surface area (Å²) in [5.74, 6) is 1.00. The Morgan fingerprint density at radius 2 is 1.83 bits per heavy atom. The minimum Gasteiger partial charge on any atom is -0.342 e. The van der Waals surface area contributed by atoms with Crippen LogP contribution in [0.4, 0.5) is 0 Å². The summed E-state index contributed by atoms with van der Waals surface area (Å²) in [5.41, 5.74) is 2.42. The number of piperidine rings is 1. The van der Waals surface area contributed by atoms with Gasteiger partial charge in [0.2, 0.25) is 5.91 Å². The summed E-state index contributed by atoms with van der Waals surface area (Å²) in [7, 11) is 0. The van der Waals surface area contributed by atoms with E-state index in [-0.39, 0.29) is 16.6 Å². The zero-order valence-corrected chi connectivity index (χ0v) is 18.8. The van der Waals surface area contributed by atoms with Crippen LogP contribution in [0, 0.1) is 0 Å². The predicted octanol–water partition coefficient (Wildman–Crippen LogP) is 4.92. The topological polar surface area (TPSA) is 51.0 Å². The van der Waals surface area contributed by atoms with Crippen LogP contribution in [-0.2, 0) is 16.8 Å². The fourth-order valence-electron chi connectivity index (χ4n) is 3.58. The van der Waals surface area contributed by atoms with Crippen LogP contribution in [0.25, 0.3) is 11.4 Å². The predicted molar refractivity (Wildman–Crippen MR) is 120 cm³/mol. The molecular weight excluding hydrogens is 380 g/mol. The third kappa shape index (κ3) is 5.10. The third-order valence-electron chi connectivity index (χ3n) is 5.34. The van der Waals surface area contributed by atoms with Gasteiger partial charge in [0.1, 0.15) is 0 Å². The van der Waals surface area contributed by atoms with Crippen molar-refractivity contribution in [2.24, 2.45) is 0 Å². The zero-order valence-electron chi connectivity index (χ0n) is 18.0. The summed E-state index contributed by atoms with van der Waals surface area (Å²) < 4.78 is 2.05. The van der Waals surface area contributed by atoms with E-state index in [0.29, 0.717) is 6.54 Å². The lowest BCUT2D eigenvalue weighted by molar-refractivity contribution is -0.131. The van der Waals surface area contributed by atoms with Gasteiger partial charge in [-0.1, -0.05) is 62.9 Å². The second kappa shape index (κ2) is 9.16. The molecule has 0 aliphatic carbocycles. The molecule has 3 rings (SSSR count). The SMILES string of the molecule is C=CCn1c(SC(C)C(=O)N2CCCCC2)nnc1-c1ccc(C(C)(C)C)cc1. The van der Waals surface area contributed by atoms with E-state index in [0.717, 1.165) is 42.5 Å². The van der Waals surface area contributed by atoms with Crippen LogP contribution in [0.3, 0.4) is 0 Å². The number of hydrogen-bond donors (Lipinski definition) is 0. The van der Waals surface area contributed by atoms with Gasteiger partial charge in [0.25, 0.3) is 0 Å². The van der Waals surface area contributed by atoms with Crippen LogP contribution in [0.2, 0.25) is 0 Å². The molecule has 0 N–H and O–H groups in total. The number of allylic oxidation sites excluding steroid dienone is 1. The molecule has 0 bridgehead atoms. The van der Waals surface area contributed by atoms with Crippen LogP contribution in [0.5, 0.6) is 0 Å². The summed E-state index contributed by atoms with van der Waals surface area (Å²) in [6, 6.07) is 8.50. The van der Waals surface area contributed by atoms with Crippen molar-refractivity contribution in [2.75, 3.05) is 13.1 Å².